The average Bonchev–Trinajstić information content (AvgIpc) is 2.68. The molecule has 0 heterocycles. The van der Waals surface area contributed by atoms with Crippen LogP contribution in [0.15, 0.2) is 48.5 Å². The zero-order valence-electron chi connectivity index (χ0n) is 15.4. The molecule has 2 aromatic rings. The van der Waals surface area contributed by atoms with Gasteiger partial charge in [-0.2, -0.15) is 0 Å². The molecule has 0 aromatic heterocycles. The van der Waals surface area contributed by atoms with E-state index in [2.05, 4.69) is 16.0 Å². The number of carbonyl (C=O) groups excluding carboxylic acids is 2. The Bertz CT molecular complexity index is 899. The van der Waals surface area contributed by atoms with Crippen LogP contribution in [0, 0.1) is 10.1 Å². The number of hydrogen-bond acceptors (Lipinski definition) is 5. The number of hydrogen-bond donors (Lipinski definition) is 3. The molecule has 0 saturated carbocycles. The van der Waals surface area contributed by atoms with E-state index in [1.54, 1.807) is 24.3 Å². The maximum absolute atomic E-state index is 12.4. The number of nitro benzene ring substituents is 1. The van der Waals surface area contributed by atoms with Crippen LogP contribution in [0.2, 0.25) is 0 Å². The average molecular weight is 400 g/mol. The summed E-state index contributed by atoms with van der Waals surface area (Å²) >= 11 is 5.15. The normalized spacial score (nSPS) is 11.2. The Balaban J connectivity index is 2.05. The van der Waals surface area contributed by atoms with Crippen LogP contribution < -0.4 is 16.0 Å². The summed E-state index contributed by atoms with van der Waals surface area (Å²) in [4.78, 5) is 34.8. The summed E-state index contributed by atoms with van der Waals surface area (Å²) in [5, 5.41) is 18.9. The highest BCUT2D eigenvalue weighted by Gasteiger charge is 2.15. The van der Waals surface area contributed by atoms with Gasteiger partial charge in [0.25, 0.3) is 17.5 Å². The predicted octanol–water partition coefficient (Wildman–Crippen LogP) is 3.25. The van der Waals surface area contributed by atoms with Gasteiger partial charge in [-0.1, -0.05) is 19.1 Å². The molecule has 2 amide bonds. The molecule has 0 saturated heterocycles. The van der Waals surface area contributed by atoms with Gasteiger partial charge in [-0.15, -0.1) is 0 Å². The van der Waals surface area contributed by atoms with Crippen molar-refractivity contribution >= 4 is 40.5 Å². The van der Waals surface area contributed by atoms with Crippen LogP contribution in [0.4, 0.5) is 11.4 Å². The second kappa shape index (κ2) is 9.56. The molecule has 0 bridgehead atoms. The third kappa shape index (κ3) is 5.58. The van der Waals surface area contributed by atoms with E-state index >= 15 is 0 Å². The SMILES string of the molecule is CCC(C)NC(=O)c1ccccc1NC(=S)NC(=O)c1ccc([N+](=O)[O-])cc1. The molecule has 146 valence electrons. The molecule has 3 N–H and O–H groups in total. The largest absolute Gasteiger partial charge is 0.350 e. The first-order valence-electron chi connectivity index (χ1n) is 8.58. The minimum Gasteiger partial charge on any atom is -0.350 e. The summed E-state index contributed by atoms with van der Waals surface area (Å²) in [6.45, 7) is 3.88. The molecule has 2 rings (SSSR count). The van der Waals surface area contributed by atoms with Crippen LogP contribution in [0.25, 0.3) is 0 Å². The summed E-state index contributed by atoms with van der Waals surface area (Å²) in [5.41, 5.74) is 0.961. The molecule has 1 unspecified atom stereocenters. The number of benzene rings is 2. The Morgan fingerprint density at radius 2 is 1.75 bits per heavy atom. The standard InChI is InChI=1S/C19H20N4O4S/c1-3-12(2)20-18(25)15-6-4-5-7-16(15)21-19(28)22-17(24)13-8-10-14(11-9-13)23(26)27/h4-12H,3H2,1-2H3,(H,20,25)(H2,21,22,24,28). The van der Waals surface area contributed by atoms with Crippen molar-refractivity contribution in [1.82, 2.24) is 10.6 Å². The molecule has 0 radical (unpaired) electrons. The maximum atomic E-state index is 12.4. The van der Waals surface area contributed by atoms with Gasteiger partial charge in [0, 0.05) is 23.7 Å². The first-order chi connectivity index (χ1) is 13.3. The lowest BCUT2D eigenvalue weighted by Crippen LogP contribution is -2.36. The highest BCUT2D eigenvalue weighted by Crippen LogP contribution is 2.16. The van der Waals surface area contributed by atoms with Crippen molar-refractivity contribution in [2.75, 3.05) is 5.32 Å². The van der Waals surface area contributed by atoms with Crippen LogP contribution in [-0.4, -0.2) is 27.9 Å². The monoisotopic (exact) mass is 400 g/mol. The Morgan fingerprint density at radius 3 is 2.36 bits per heavy atom. The van der Waals surface area contributed by atoms with Crippen molar-refractivity contribution in [1.29, 1.82) is 0 Å². The van der Waals surface area contributed by atoms with Crippen molar-refractivity contribution < 1.29 is 14.5 Å². The number of non-ortho nitro benzene ring substituents is 1. The summed E-state index contributed by atoms with van der Waals surface area (Å²) < 4.78 is 0. The van der Waals surface area contributed by atoms with Crippen LogP contribution in [-0.2, 0) is 0 Å². The third-order valence-electron chi connectivity index (χ3n) is 3.98. The van der Waals surface area contributed by atoms with Crippen molar-refractivity contribution in [2.45, 2.75) is 26.3 Å². The van der Waals surface area contributed by atoms with Crippen molar-refractivity contribution in [3.05, 3.63) is 69.8 Å². The van der Waals surface area contributed by atoms with Crippen LogP contribution in [0.1, 0.15) is 41.0 Å². The summed E-state index contributed by atoms with van der Waals surface area (Å²) in [6, 6.07) is 12.0. The first kappa shape index (κ1) is 21.0. The number of nitro groups is 1. The topological polar surface area (TPSA) is 113 Å². The predicted molar refractivity (Wildman–Crippen MR) is 110 cm³/mol. The van der Waals surface area contributed by atoms with E-state index < -0.39 is 10.8 Å². The zero-order chi connectivity index (χ0) is 20.7. The second-order valence-electron chi connectivity index (χ2n) is 6.04. The third-order valence-corrected chi connectivity index (χ3v) is 4.18. The van der Waals surface area contributed by atoms with Crippen LogP contribution in [0.5, 0.6) is 0 Å². The fourth-order valence-corrected chi connectivity index (χ4v) is 2.46. The fraction of sp³-hybridized carbons (Fsp3) is 0.211. The first-order valence-corrected chi connectivity index (χ1v) is 8.99. The molecule has 0 spiro atoms. The molecule has 8 nitrogen and oxygen atoms in total. The van der Waals surface area contributed by atoms with Gasteiger partial charge in [0.1, 0.15) is 0 Å². The maximum Gasteiger partial charge on any atom is 0.269 e. The molecule has 0 aliphatic rings. The zero-order valence-corrected chi connectivity index (χ0v) is 16.2. The number of para-hydroxylation sites is 1. The van der Waals surface area contributed by atoms with E-state index in [-0.39, 0.29) is 28.3 Å². The fourth-order valence-electron chi connectivity index (χ4n) is 2.26. The van der Waals surface area contributed by atoms with E-state index in [1.165, 1.54) is 24.3 Å². The number of nitrogens with zero attached hydrogens (tertiary/aromatic N) is 1. The molecule has 9 heteroatoms. The minimum absolute atomic E-state index is 0.00661. The summed E-state index contributed by atoms with van der Waals surface area (Å²) in [7, 11) is 0. The highest BCUT2D eigenvalue weighted by molar-refractivity contribution is 7.80. The van der Waals surface area contributed by atoms with Crippen LogP contribution >= 0.6 is 12.2 Å². The second-order valence-corrected chi connectivity index (χ2v) is 6.45. The Labute approximate surface area is 167 Å². The lowest BCUT2D eigenvalue weighted by molar-refractivity contribution is -0.384. The Kier molecular flexibility index (Phi) is 7.16. The number of amides is 2. The molecular formula is C19H20N4O4S. The number of carbonyl (C=O) groups is 2. The van der Waals surface area contributed by atoms with Gasteiger partial charge in [-0.05, 0) is 49.8 Å². The molecule has 28 heavy (non-hydrogen) atoms. The van der Waals surface area contributed by atoms with Gasteiger partial charge < -0.3 is 10.6 Å². The van der Waals surface area contributed by atoms with E-state index in [0.29, 0.717) is 11.3 Å². The smallest absolute Gasteiger partial charge is 0.269 e. The number of anilines is 1. The van der Waals surface area contributed by atoms with Crippen molar-refractivity contribution in [3.63, 3.8) is 0 Å². The van der Waals surface area contributed by atoms with Gasteiger partial charge in [-0.25, -0.2) is 0 Å². The van der Waals surface area contributed by atoms with Crippen LogP contribution in [0.3, 0.4) is 0 Å². The quantitative estimate of drug-likeness (QED) is 0.390. The van der Waals surface area contributed by atoms with E-state index in [0.717, 1.165) is 6.42 Å². The van der Waals surface area contributed by atoms with Crippen molar-refractivity contribution in [3.8, 4) is 0 Å². The number of thiocarbonyl (C=S) groups is 1. The molecule has 0 fully saturated rings. The Hall–Kier alpha value is -3.33. The highest BCUT2D eigenvalue weighted by atomic mass is 32.1. The molecule has 2 aromatic carbocycles. The van der Waals surface area contributed by atoms with Gasteiger partial charge in [0.15, 0.2) is 5.11 Å². The summed E-state index contributed by atoms with van der Waals surface area (Å²) in [5.74, 6) is -0.768. The number of rotatable bonds is 6. The summed E-state index contributed by atoms with van der Waals surface area (Å²) in [6.07, 6.45) is 0.797. The van der Waals surface area contributed by atoms with Gasteiger partial charge in [0.2, 0.25) is 0 Å². The van der Waals surface area contributed by atoms with E-state index in [1.807, 2.05) is 13.8 Å². The Morgan fingerprint density at radius 1 is 1.11 bits per heavy atom. The van der Waals surface area contributed by atoms with Crippen molar-refractivity contribution in [2.24, 2.45) is 0 Å². The minimum atomic E-state index is -0.546. The molecular weight excluding hydrogens is 380 g/mol. The molecule has 1 atom stereocenters. The molecule has 0 aliphatic carbocycles. The number of nitrogens with one attached hydrogen (secondary N) is 3. The molecule has 0 aliphatic heterocycles. The van der Waals surface area contributed by atoms with Gasteiger partial charge >= 0.3 is 0 Å². The van der Waals surface area contributed by atoms with E-state index in [4.69, 9.17) is 12.2 Å². The van der Waals surface area contributed by atoms with E-state index in [9.17, 15) is 19.7 Å². The van der Waals surface area contributed by atoms with Gasteiger partial charge in [-0.3, -0.25) is 25.0 Å². The lowest BCUT2D eigenvalue weighted by atomic mass is 10.1. The lowest BCUT2D eigenvalue weighted by Gasteiger charge is -2.15. The van der Waals surface area contributed by atoms with Gasteiger partial charge in [0.05, 0.1) is 16.2 Å².